The Hall–Kier alpha value is -3.04. The number of hydrogen-bond donors (Lipinski definition) is 4. The number of allylic oxidation sites excluding steroid dienone is 1. The van der Waals surface area contributed by atoms with Crippen LogP contribution < -0.4 is 5.73 Å². The molecule has 3 aliphatic rings. The summed E-state index contributed by atoms with van der Waals surface area (Å²) in [5.74, 6) is -6.97. The molecule has 1 amide bonds. The van der Waals surface area contributed by atoms with Gasteiger partial charge in [0.05, 0.1) is 6.04 Å². The van der Waals surface area contributed by atoms with E-state index in [2.05, 4.69) is 0 Å². The number of rotatable bonds is 2. The van der Waals surface area contributed by atoms with Gasteiger partial charge in [-0.15, -0.1) is 0 Å². The van der Waals surface area contributed by atoms with Crippen LogP contribution >= 0.6 is 0 Å². The average molecular weight is 416 g/mol. The van der Waals surface area contributed by atoms with E-state index in [1.165, 1.54) is 23.1 Å². The van der Waals surface area contributed by atoms with E-state index >= 15 is 0 Å². The van der Waals surface area contributed by atoms with Crippen LogP contribution in [0.1, 0.15) is 22.3 Å². The van der Waals surface area contributed by atoms with Gasteiger partial charge >= 0.3 is 0 Å². The lowest BCUT2D eigenvalue weighted by molar-refractivity contribution is -0.148. The second-order valence-electron chi connectivity index (χ2n) is 8.23. The van der Waals surface area contributed by atoms with Crippen molar-refractivity contribution in [2.24, 2.45) is 17.6 Å². The van der Waals surface area contributed by atoms with E-state index in [4.69, 9.17) is 5.73 Å². The maximum atomic E-state index is 14.3. The van der Waals surface area contributed by atoms with Crippen LogP contribution in [0.5, 0.6) is 0 Å². The van der Waals surface area contributed by atoms with Crippen molar-refractivity contribution in [2.45, 2.75) is 24.5 Å². The first-order valence-corrected chi connectivity index (χ1v) is 9.44. The zero-order chi connectivity index (χ0) is 22.1. The minimum absolute atomic E-state index is 0.0000954. The average Bonchev–Trinajstić information content (AvgIpc) is 2.65. The fourth-order valence-electron chi connectivity index (χ4n) is 5.14. The van der Waals surface area contributed by atoms with Crippen LogP contribution in [0.4, 0.5) is 4.39 Å². The number of nitrogens with two attached hydrogens (primary N) is 1. The summed E-state index contributed by atoms with van der Waals surface area (Å²) >= 11 is 0. The van der Waals surface area contributed by atoms with E-state index in [9.17, 15) is 34.1 Å². The fourth-order valence-corrected chi connectivity index (χ4v) is 5.14. The number of Topliss-reactive ketones (excluding diaryl/α,β-unsaturated/α-hetero) is 2. The minimum Gasteiger partial charge on any atom is -0.510 e. The van der Waals surface area contributed by atoms with Gasteiger partial charge in [0.1, 0.15) is 22.9 Å². The highest BCUT2D eigenvalue weighted by atomic mass is 19.1. The number of halogens is 1. The Morgan fingerprint density at radius 1 is 1.27 bits per heavy atom. The molecular formula is C21H21FN2O6. The van der Waals surface area contributed by atoms with Crippen molar-refractivity contribution in [3.63, 3.8) is 0 Å². The lowest BCUT2D eigenvalue weighted by Gasteiger charge is -2.50. The number of ketones is 2. The van der Waals surface area contributed by atoms with E-state index in [1.54, 1.807) is 14.1 Å². The van der Waals surface area contributed by atoms with Gasteiger partial charge in [-0.1, -0.05) is 12.1 Å². The van der Waals surface area contributed by atoms with Crippen molar-refractivity contribution in [1.29, 1.82) is 0 Å². The van der Waals surface area contributed by atoms with Crippen molar-refractivity contribution in [3.05, 3.63) is 57.8 Å². The molecule has 0 bridgehead atoms. The highest BCUT2D eigenvalue weighted by Crippen LogP contribution is 2.51. The molecule has 4 rings (SSSR count). The summed E-state index contributed by atoms with van der Waals surface area (Å²) in [6.07, 6.45) is 0.0846. The molecule has 0 aliphatic heterocycles. The van der Waals surface area contributed by atoms with Gasteiger partial charge in [-0.2, -0.15) is 0 Å². The number of nitrogens with zero attached hydrogens (tertiary/aromatic N) is 1. The zero-order valence-corrected chi connectivity index (χ0v) is 16.3. The SMILES string of the molecule is CN(C)[C@@H]1C(O)=C(C(N)=O)C(=O)[C@@]2(O)C(O)=C3C(=O)c4cccc(F)c4C[C@H]3C[C@@H]12. The summed E-state index contributed by atoms with van der Waals surface area (Å²) in [4.78, 5) is 39.4. The van der Waals surface area contributed by atoms with Gasteiger partial charge in [0.2, 0.25) is 5.78 Å². The van der Waals surface area contributed by atoms with E-state index in [-0.39, 0.29) is 29.5 Å². The third-order valence-electron chi connectivity index (χ3n) is 6.45. The third-order valence-corrected chi connectivity index (χ3v) is 6.45. The number of carbonyl (C=O) groups excluding carboxylic acids is 3. The van der Waals surface area contributed by atoms with Crippen LogP contribution in [0.2, 0.25) is 0 Å². The van der Waals surface area contributed by atoms with Crippen LogP contribution in [0.3, 0.4) is 0 Å². The first kappa shape index (κ1) is 20.2. The standard InChI is InChI=1S/C21H21FN2O6/c1-24(2)15-11-7-8-6-10-9(4-3-5-12(10)22)16(25)13(8)18(27)21(11,30)19(28)14(17(15)26)20(23)29/h3-5,8,11,15,26-27,30H,6-7H2,1-2H3,(H2,23,29)/t8-,11-,15-,21-/m0/s1. The lowest BCUT2D eigenvalue weighted by atomic mass is 9.58. The molecule has 3 aliphatic carbocycles. The van der Waals surface area contributed by atoms with Crippen molar-refractivity contribution in [1.82, 2.24) is 4.90 Å². The molecule has 0 heterocycles. The Kier molecular flexibility index (Phi) is 4.37. The molecule has 1 aromatic rings. The smallest absolute Gasteiger partial charge is 0.255 e. The number of likely N-dealkylation sites (N-methyl/N-ethyl adjacent to an activating group) is 1. The predicted molar refractivity (Wildman–Crippen MR) is 102 cm³/mol. The van der Waals surface area contributed by atoms with Gasteiger partial charge in [0, 0.05) is 17.1 Å². The molecule has 9 heteroatoms. The van der Waals surface area contributed by atoms with Crippen LogP contribution in [0.25, 0.3) is 0 Å². The molecule has 5 N–H and O–H groups in total. The summed E-state index contributed by atoms with van der Waals surface area (Å²) in [7, 11) is 3.12. The van der Waals surface area contributed by atoms with Crippen molar-refractivity contribution in [3.8, 4) is 0 Å². The van der Waals surface area contributed by atoms with Gasteiger partial charge in [-0.25, -0.2) is 4.39 Å². The lowest BCUT2D eigenvalue weighted by Crippen LogP contribution is -2.63. The fraction of sp³-hybridized carbons (Fsp3) is 0.381. The Bertz CT molecular complexity index is 1080. The Morgan fingerprint density at radius 2 is 1.93 bits per heavy atom. The second kappa shape index (κ2) is 6.48. The number of aliphatic hydroxyl groups is 3. The molecule has 158 valence electrons. The van der Waals surface area contributed by atoms with Gasteiger partial charge in [0.25, 0.3) is 5.91 Å². The molecule has 0 fully saturated rings. The Balaban J connectivity index is 1.97. The Morgan fingerprint density at radius 3 is 2.53 bits per heavy atom. The largest absolute Gasteiger partial charge is 0.510 e. The van der Waals surface area contributed by atoms with Crippen molar-refractivity contribution < 1.29 is 34.1 Å². The quantitative estimate of drug-likeness (QED) is 0.516. The number of amides is 1. The highest BCUT2D eigenvalue weighted by Gasteiger charge is 2.63. The number of hydrogen-bond acceptors (Lipinski definition) is 7. The maximum Gasteiger partial charge on any atom is 0.255 e. The zero-order valence-electron chi connectivity index (χ0n) is 16.3. The molecule has 0 spiro atoms. The van der Waals surface area contributed by atoms with Crippen LogP contribution in [-0.4, -0.2) is 63.4 Å². The first-order chi connectivity index (χ1) is 14.0. The van der Waals surface area contributed by atoms with Crippen LogP contribution in [-0.2, 0) is 16.0 Å². The molecule has 0 saturated heterocycles. The van der Waals surface area contributed by atoms with Crippen LogP contribution in [0.15, 0.2) is 40.9 Å². The molecule has 0 saturated carbocycles. The molecule has 0 aromatic heterocycles. The Labute approximate surface area is 171 Å². The molecule has 30 heavy (non-hydrogen) atoms. The van der Waals surface area contributed by atoms with E-state index < -0.39 is 63.9 Å². The molecule has 0 radical (unpaired) electrons. The second-order valence-corrected chi connectivity index (χ2v) is 8.23. The minimum atomic E-state index is -2.61. The van der Waals surface area contributed by atoms with E-state index in [1.807, 2.05) is 0 Å². The van der Waals surface area contributed by atoms with Gasteiger partial charge in [0.15, 0.2) is 11.4 Å². The van der Waals surface area contributed by atoms with Crippen molar-refractivity contribution >= 4 is 17.5 Å². The van der Waals surface area contributed by atoms with Gasteiger partial charge in [-0.05, 0) is 44.5 Å². The first-order valence-electron chi connectivity index (χ1n) is 9.44. The molecule has 1 aromatic carbocycles. The number of benzene rings is 1. The summed E-state index contributed by atoms with van der Waals surface area (Å²) < 4.78 is 14.3. The normalized spacial score (nSPS) is 30.9. The number of fused-ring (bicyclic) bond motifs is 3. The molecule has 8 nitrogen and oxygen atoms in total. The molecule has 4 atom stereocenters. The number of carbonyl (C=O) groups is 3. The topological polar surface area (TPSA) is 141 Å². The number of primary amides is 1. The van der Waals surface area contributed by atoms with Gasteiger partial charge in [-0.3, -0.25) is 19.3 Å². The summed E-state index contributed by atoms with van der Waals surface area (Å²) in [6, 6.07) is 2.99. The molecule has 0 unspecified atom stereocenters. The predicted octanol–water partition coefficient (Wildman–Crippen LogP) is 0.554. The third kappa shape index (κ3) is 2.42. The monoisotopic (exact) mass is 416 g/mol. The van der Waals surface area contributed by atoms with Crippen molar-refractivity contribution in [2.75, 3.05) is 14.1 Å². The van der Waals surface area contributed by atoms with E-state index in [0.717, 1.165) is 0 Å². The van der Waals surface area contributed by atoms with E-state index in [0.29, 0.717) is 0 Å². The number of aliphatic hydroxyl groups excluding tert-OH is 2. The van der Waals surface area contributed by atoms with Crippen LogP contribution in [0, 0.1) is 17.7 Å². The maximum absolute atomic E-state index is 14.3. The summed E-state index contributed by atoms with van der Waals surface area (Å²) in [6.45, 7) is 0. The highest BCUT2D eigenvalue weighted by molar-refractivity contribution is 6.24. The van der Waals surface area contributed by atoms with Gasteiger partial charge < -0.3 is 21.1 Å². The molecular weight excluding hydrogens is 395 g/mol. The summed E-state index contributed by atoms with van der Waals surface area (Å²) in [5.41, 5.74) is 1.91. The summed E-state index contributed by atoms with van der Waals surface area (Å²) in [5, 5.41) is 33.0.